The normalized spacial score (nSPS) is 12.5. The van der Waals surface area contributed by atoms with Crippen molar-refractivity contribution in [2.45, 2.75) is 25.8 Å². The molecule has 0 aliphatic heterocycles. The van der Waals surface area contributed by atoms with Crippen LogP contribution < -0.4 is 10.5 Å². The summed E-state index contributed by atoms with van der Waals surface area (Å²) in [7, 11) is 0. The number of nitrogens with two attached hydrogens (primary N) is 1. The molecule has 2 N–H and O–H groups in total. The second kappa shape index (κ2) is 5.60. The lowest BCUT2D eigenvalue weighted by atomic mass is 10.2. The second-order valence-corrected chi connectivity index (χ2v) is 3.12. The molecule has 13 heavy (non-hydrogen) atoms. The summed E-state index contributed by atoms with van der Waals surface area (Å²) in [4.78, 5) is 0. The van der Waals surface area contributed by atoms with Gasteiger partial charge in [0.1, 0.15) is 5.75 Å². The summed E-state index contributed by atoms with van der Waals surface area (Å²) in [5.41, 5.74) is 5.76. The Kier molecular flexibility index (Phi) is 4.33. The van der Waals surface area contributed by atoms with Crippen LogP contribution in [0.5, 0.6) is 5.75 Å². The zero-order valence-electron chi connectivity index (χ0n) is 8.07. The number of hydrogen-bond acceptors (Lipinski definition) is 2. The fourth-order valence-electron chi connectivity index (χ4n) is 1.05. The van der Waals surface area contributed by atoms with Crippen molar-refractivity contribution in [1.29, 1.82) is 0 Å². The average molecular weight is 179 g/mol. The van der Waals surface area contributed by atoms with E-state index < -0.39 is 0 Å². The minimum Gasteiger partial charge on any atom is -0.494 e. The van der Waals surface area contributed by atoms with Gasteiger partial charge in [-0.05, 0) is 25.0 Å². The van der Waals surface area contributed by atoms with Gasteiger partial charge in [0.25, 0.3) is 0 Å². The first kappa shape index (κ1) is 10.1. The molecular formula is C11H17NO. The van der Waals surface area contributed by atoms with E-state index >= 15 is 0 Å². The Bertz CT molecular complexity index is 223. The van der Waals surface area contributed by atoms with Gasteiger partial charge in [0.05, 0.1) is 6.61 Å². The maximum Gasteiger partial charge on any atom is 0.119 e. The van der Waals surface area contributed by atoms with Gasteiger partial charge in [0, 0.05) is 6.04 Å². The van der Waals surface area contributed by atoms with Crippen LogP contribution in [-0.4, -0.2) is 12.6 Å². The van der Waals surface area contributed by atoms with Crippen LogP contribution in [0.2, 0.25) is 0 Å². The van der Waals surface area contributed by atoms with E-state index in [0.717, 1.165) is 18.6 Å². The Balaban J connectivity index is 2.20. The van der Waals surface area contributed by atoms with E-state index in [1.807, 2.05) is 30.3 Å². The van der Waals surface area contributed by atoms with Gasteiger partial charge >= 0.3 is 0 Å². The van der Waals surface area contributed by atoms with Gasteiger partial charge in [-0.25, -0.2) is 0 Å². The van der Waals surface area contributed by atoms with E-state index in [2.05, 4.69) is 6.92 Å². The highest BCUT2D eigenvalue weighted by molar-refractivity contribution is 5.20. The lowest BCUT2D eigenvalue weighted by Crippen LogP contribution is -2.21. The third kappa shape index (κ3) is 3.95. The molecule has 0 aromatic heterocycles. The van der Waals surface area contributed by atoms with Crippen LogP contribution in [0.4, 0.5) is 0 Å². The monoisotopic (exact) mass is 179 g/mol. The largest absolute Gasteiger partial charge is 0.494 e. The predicted molar refractivity (Wildman–Crippen MR) is 54.8 cm³/mol. The minimum atomic E-state index is 0.267. The number of hydrogen-bond donors (Lipinski definition) is 1. The topological polar surface area (TPSA) is 35.2 Å². The Morgan fingerprint density at radius 3 is 2.62 bits per heavy atom. The van der Waals surface area contributed by atoms with E-state index in [1.54, 1.807) is 0 Å². The zero-order valence-corrected chi connectivity index (χ0v) is 8.07. The maximum atomic E-state index is 5.76. The summed E-state index contributed by atoms with van der Waals surface area (Å²) in [6, 6.07) is 10.1. The molecule has 0 aliphatic rings. The van der Waals surface area contributed by atoms with Crippen molar-refractivity contribution < 1.29 is 4.74 Å². The quantitative estimate of drug-likeness (QED) is 0.752. The Morgan fingerprint density at radius 1 is 1.31 bits per heavy atom. The van der Waals surface area contributed by atoms with Crippen LogP contribution in [0, 0.1) is 0 Å². The van der Waals surface area contributed by atoms with Crippen molar-refractivity contribution in [2.75, 3.05) is 6.61 Å². The molecule has 0 aliphatic carbocycles. The molecule has 0 saturated carbocycles. The molecule has 1 aromatic carbocycles. The Hall–Kier alpha value is -1.02. The summed E-state index contributed by atoms with van der Waals surface area (Å²) >= 11 is 0. The molecular weight excluding hydrogens is 162 g/mol. The van der Waals surface area contributed by atoms with Crippen LogP contribution in [0.1, 0.15) is 19.8 Å². The zero-order chi connectivity index (χ0) is 9.52. The number of benzene rings is 1. The van der Waals surface area contributed by atoms with Crippen molar-refractivity contribution in [1.82, 2.24) is 0 Å². The number of ether oxygens (including phenoxy) is 1. The lowest BCUT2D eigenvalue weighted by molar-refractivity contribution is 0.296. The summed E-state index contributed by atoms with van der Waals surface area (Å²) in [6.07, 6.45) is 1.93. The highest BCUT2D eigenvalue weighted by atomic mass is 16.5. The first-order valence-corrected chi connectivity index (χ1v) is 4.76. The summed E-state index contributed by atoms with van der Waals surface area (Å²) in [5.74, 6) is 0.922. The van der Waals surface area contributed by atoms with Crippen molar-refractivity contribution in [3.63, 3.8) is 0 Å². The highest BCUT2D eigenvalue weighted by Crippen LogP contribution is 2.08. The standard InChI is InChI=1S/C11H17NO/c1-2-10(12)8-9-13-11-6-4-3-5-7-11/h3-7,10H,2,8-9,12H2,1H3/t10-/m1/s1. The van der Waals surface area contributed by atoms with Crippen LogP contribution in [0.15, 0.2) is 30.3 Å². The van der Waals surface area contributed by atoms with Gasteiger partial charge in [0.2, 0.25) is 0 Å². The van der Waals surface area contributed by atoms with E-state index in [0.29, 0.717) is 6.61 Å². The first-order valence-electron chi connectivity index (χ1n) is 4.76. The van der Waals surface area contributed by atoms with E-state index in [1.165, 1.54) is 0 Å². The number of para-hydroxylation sites is 1. The van der Waals surface area contributed by atoms with Gasteiger partial charge in [-0.3, -0.25) is 0 Å². The van der Waals surface area contributed by atoms with Crippen molar-refractivity contribution in [3.05, 3.63) is 30.3 Å². The molecule has 0 saturated heterocycles. The van der Waals surface area contributed by atoms with Crippen molar-refractivity contribution in [3.8, 4) is 5.75 Å². The molecule has 1 aromatic rings. The van der Waals surface area contributed by atoms with Gasteiger partial charge in [-0.2, -0.15) is 0 Å². The highest BCUT2D eigenvalue weighted by Gasteiger charge is 1.98. The van der Waals surface area contributed by atoms with Gasteiger partial charge in [0.15, 0.2) is 0 Å². The minimum absolute atomic E-state index is 0.267. The molecule has 72 valence electrons. The molecule has 1 atom stereocenters. The number of rotatable bonds is 5. The van der Waals surface area contributed by atoms with E-state index in [-0.39, 0.29) is 6.04 Å². The smallest absolute Gasteiger partial charge is 0.119 e. The predicted octanol–water partition coefficient (Wildman–Crippen LogP) is 2.19. The third-order valence-electron chi connectivity index (χ3n) is 2.02. The first-order chi connectivity index (χ1) is 6.33. The van der Waals surface area contributed by atoms with Crippen LogP contribution in [0.25, 0.3) is 0 Å². The Morgan fingerprint density at radius 2 is 2.00 bits per heavy atom. The van der Waals surface area contributed by atoms with Crippen LogP contribution in [0.3, 0.4) is 0 Å². The molecule has 0 spiro atoms. The summed E-state index contributed by atoms with van der Waals surface area (Å²) in [6.45, 7) is 2.80. The van der Waals surface area contributed by atoms with Gasteiger partial charge in [-0.1, -0.05) is 25.1 Å². The lowest BCUT2D eigenvalue weighted by Gasteiger charge is -2.09. The molecule has 0 radical (unpaired) electrons. The van der Waals surface area contributed by atoms with Crippen molar-refractivity contribution >= 4 is 0 Å². The molecule has 0 heterocycles. The molecule has 2 heteroatoms. The fourth-order valence-corrected chi connectivity index (χ4v) is 1.05. The molecule has 0 unspecified atom stereocenters. The van der Waals surface area contributed by atoms with Gasteiger partial charge < -0.3 is 10.5 Å². The van der Waals surface area contributed by atoms with Crippen molar-refractivity contribution in [2.24, 2.45) is 5.73 Å². The van der Waals surface area contributed by atoms with E-state index in [4.69, 9.17) is 10.5 Å². The SMILES string of the molecule is CC[C@@H](N)CCOc1ccccc1. The summed E-state index contributed by atoms with van der Waals surface area (Å²) < 4.78 is 5.50. The molecule has 1 rings (SSSR count). The maximum absolute atomic E-state index is 5.76. The summed E-state index contributed by atoms with van der Waals surface area (Å²) in [5, 5.41) is 0. The Labute approximate surface area is 79.7 Å². The molecule has 2 nitrogen and oxygen atoms in total. The molecule has 0 amide bonds. The fraction of sp³-hybridized carbons (Fsp3) is 0.455. The molecule has 0 bridgehead atoms. The van der Waals surface area contributed by atoms with Crippen LogP contribution in [-0.2, 0) is 0 Å². The molecule has 0 fully saturated rings. The van der Waals surface area contributed by atoms with Crippen LogP contribution >= 0.6 is 0 Å². The second-order valence-electron chi connectivity index (χ2n) is 3.12. The van der Waals surface area contributed by atoms with E-state index in [9.17, 15) is 0 Å². The third-order valence-corrected chi connectivity index (χ3v) is 2.02. The average Bonchev–Trinajstić information content (AvgIpc) is 2.19. The van der Waals surface area contributed by atoms with Gasteiger partial charge in [-0.15, -0.1) is 0 Å².